The lowest BCUT2D eigenvalue weighted by molar-refractivity contribution is -0.150. The van der Waals surface area contributed by atoms with Gasteiger partial charge in [0.05, 0.1) is 0 Å². The van der Waals surface area contributed by atoms with Crippen LogP contribution in [0.25, 0.3) is 0 Å². The molecule has 1 N–H and O–H groups in total. The van der Waals surface area contributed by atoms with E-state index in [2.05, 4.69) is 36.9 Å². The van der Waals surface area contributed by atoms with E-state index in [-0.39, 0.29) is 5.91 Å². The minimum atomic E-state index is -1.06. The number of carbonyl (C=O) groups is 2. The molecule has 1 aromatic rings. The Balaban J connectivity index is 2.02. The molecule has 1 fully saturated rings. The monoisotopic (exact) mass is 290 g/mol. The first-order valence-corrected chi connectivity index (χ1v) is 7.24. The SMILES string of the molecule is Cc1ccc(C)c(N2CCN(C(=O)C(C)C(=O)O)CC2)c1. The summed E-state index contributed by atoms with van der Waals surface area (Å²) >= 11 is 0. The number of anilines is 1. The van der Waals surface area contributed by atoms with Gasteiger partial charge in [-0.05, 0) is 38.0 Å². The van der Waals surface area contributed by atoms with Gasteiger partial charge in [-0.3, -0.25) is 9.59 Å². The Morgan fingerprint density at radius 1 is 1.14 bits per heavy atom. The number of amides is 1. The normalized spacial score (nSPS) is 16.7. The molecule has 0 aliphatic carbocycles. The maximum absolute atomic E-state index is 12.0. The molecule has 1 amide bonds. The maximum atomic E-state index is 12.0. The van der Waals surface area contributed by atoms with Crippen LogP contribution in [0.1, 0.15) is 18.1 Å². The van der Waals surface area contributed by atoms with Crippen molar-refractivity contribution in [3.05, 3.63) is 29.3 Å². The van der Waals surface area contributed by atoms with E-state index in [1.54, 1.807) is 4.90 Å². The van der Waals surface area contributed by atoms with Gasteiger partial charge in [-0.15, -0.1) is 0 Å². The summed E-state index contributed by atoms with van der Waals surface area (Å²) in [6.45, 7) is 8.22. The van der Waals surface area contributed by atoms with Crippen LogP contribution < -0.4 is 4.90 Å². The molecule has 2 rings (SSSR count). The zero-order valence-corrected chi connectivity index (χ0v) is 12.8. The van der Waals surface area contributed by atoms with Crippen LogP contribution in [0.15, 0.2) is 18.2 Å². The molecular weight excluding hydrogens is 268 g/mol. The van der Waals surface area contributed by atoms with Crippen LogP contribution in [0.4, 0.5) is 5.69 Å². The first kappa shape index (κ1) is 15.4. The number of hydrogen-bond donors (Lipinski definition) is 1. The summed E-state index contributed by atoms with van der Waals surface area (Å²) in [5.41, 5.74) is 3.64. The summed E-state index contributed by atoms with van der Waals surface area (Å²) in [5, 5.41) is 8.92. The predicted molar refractivity (Wildman–Crippen MR) is 81.5 cm³/mol. The fraction of sp³-hybridized carbons (Fsp3) is 0.500. The molecule has 0 spiro atoms. The van der Waals surface area contributed by atoms with E-state index in [0.29, 0.717) is 13.1 Å². The number of aryl methyl sites for hydroxylation is 2. The third-order valence-electron chi connectivity index (χ3n) is 4.04. The Labute approximate surface area is 125 Å². The van der Waals surface area contributed by atoms with Crippen molar-refractivity contribution in [2.75, 3.05) is 31.1 Å². The summed E-state index contributed by atoms with van der Waals surface area (Å²) in [7, 11) is 0. The van der Waals surface area contributed by atoms with E-state index in [4.69, 9.17) is 5.11 Å². The molecule has 1 heterocycles. The number of nitrogens with zero attached hydrogens (tertiary/aromatic N) is 2. The molecule has 1 aromatic carbocycles. The smallest absolute Gasteiger partial charge is 0.315 e. The first-order valence-electron chi connectivity index (χ1n) is 7.24. The van der Waals surface area contributed by atoms with Crippen molar-refractivity contribution < 1.29 is 14.7 Å². The van der Waals surface area contributed by atoms with Crippen LogP contribution in [-0.2, 0) is 9.59 Å². The highest BCUT2D eigenvalue weighted by Gasteiger charge is 2.29. The number of benzene rings is 1. The van der Waals surface area contributed by atoms with Crippen LogP contribution in [0.2, 0.25) is 0 Å². The lowest BCUT2D eigenvalue weighted by atomic mass is 10.1. The van der Waals surface area contributed by atoms with Gasteiger partial charge >= 0.3 is 5.97 Å². The maximum Gasteiger partial charge on any atom is 0.315 e. The van der Waals surface area contributed by atoms with Gasteiger partial charge in [0.25, 0.3) is 0 Å². The van der Waals surface area contributed by atoms with Gasteiger partial charge in [0, 0.05) is 31.9 Å². The highest BCUT2D eigenvalue weighted by molar-refractivity contribution is 5.96. The molecule has 0 saturated carbocycles. The molecule has 5 nitrogen and oxygen atoms in total. The van der Waals surface area contributed by atoms with Crippen LogP contribution in [-0.4, -0.2) is 48.1 Å². The quantitative estimate of drug-likeness (QED) is 0.860. The second-order valence-electron chi connectivity index (χ2n) is 5.66. The second-order valence-corrected chi connectivity index (χ2v) is 5.66. The van der Waals surface area contributed by atoms with Gasteiger partial charge in [-0.25, -0.2) is 0 Å². The minimum absolute atomic E-state index is 0.289. The molecule has 1 saturated heterocycles. The molecule has 0 bridgehead atoms. The standard InChI is InChI=1S/C16H22N2O3/c1-11-4-5-12(2)14(10-11)17-6-8-18(9-7-17)15(19)13(3)16(20)21/h4-5,10,13H,6-9H2,1-3H3,(H,20,21). The number of piperazine rings is 1. The number of carboxylic acids is 1. The van der Waals surface area contributed by atoms with E-state index in [9.17, 15) is 9.59 Å². The highest BCUT2D eigenvalue weighted by Crippen LogP contribution is 2.23. The van der Waals surface area contributed by atoms with Crippen LogP contribution in [0, 0.1) is 19.8 Å². The molecule has 21 heavy (non-hydrogen) atoms. The summed E-state index contributed by atoms with van der Waals surface area (Å²) < 4.78 is 0. The number of aliphatic carboxylic acids is 1. The van der Waals surface area contributed by atoms with Crippen LogP contribution in [0.3, 0.4) is 0 Å². The summed E-state index contributed by atoms with van der Waals surface area (Å²) in [6.07, 6.45) is 0. The summed E-state index contributed by atoms with van der Waals surface area (Å²) in [4.78, 5) is 26.8. The van der Waals surface area contributed by atoms with Crippen molar-refractivity contribution in [1.82, 2.24) is 4.90 Å². The summed E-state index contributed by atoms with van der Waals surface area (Å²) in [5.74, 6) is -2.31. The van der Waals surface area contributed by atoms with E-state index < -0.39 is 11.9 Å². The zero-order chi connectivity index (χ0) is 15.6. The van der Waals surface area contributed by atoms with Crippen molar-refractivity contribution in [2.45, 2.75) is 20.8 Å². The third-order valence-corrected chi connectivity index (χ3v) is 4.04. The van der Waals surface area contributed by atoms with Gasteiger partial charge in [0.1, 0.15) is 5.92 Å². The van der Waals surface area contributed by atoms with Crippen molar-refractivity contribution in [1.29, 1.82) is 0 Å². The van der Waals surface area contributed by atoms with Crippen molar-refractivity contribution in [3.8, 4) is 0 Å². The molecule has 0 aromatic heterocycles. The Bertz CT molecular complexity index is 548. The van der Waals surface area contributed by atoms with E-state index >= 15 is 0 Å². The molecule has 1 atom stereocenters. The fourth-order valence-corrected chi connectivity index (χ4v) is 2.61. The van der Waals surface area contributed by atoms with Gasteiger partial charge in [0.15, 0.2) is 0 Å². The largest absolute Gasteiger partial charge is 0.481 e. The second kappa shape index (κ2) is 6.16. The molecule has 114 valence electrons. The van der Waals surface area contributed by atoms with E-state index in [1.165, 1.54) is 23.7 Å². The van der Waals surface area contributed by atoms with Crippen LogP contribution in [0.5, 0.6) is 0 Å². The molecule has 1 unspecified atom stereocenters. The number of rotatable bonds is 3. The van der Waals surface area contributed by atoms with Gasteiger partial charge < -0.3 is 14.9 Å². The van der Waals surface area contributed by atoms with Crippen molar-refractivity contribution in [3.63, 3.8) is 0 Å². The molecule has 5 heteroatoms. The van der Waals surface area contributed by atoms with Gasteiger partial charge in [-0.1, -0.05) is 12.1 Å². The number of hydrogen-bond acceptors (Lipinski definition) is 3. The highest BCUT2D eigenvalue weighted by atomic mass is 16.4. The average molecular weight is 290 g/mol. The van der Waals surface area contributed by atoms with E-state index in [1.807, 2.05) is 0 Å². The predicted octanol–water partition coefficient (Wildman–Crippen LogP) is 1.67. The lowest BCUT2D eigenvalue weighted by Gasteiger charge is -2.37. The molecule has 1 aliphatic rings. The first-order chi connectivity index (χ1) is 9.90. The number of carboxylic acid groups (broad SMARTS) is 1. The average Bonchev–Trinajstić information content (AvgIpc) is 2.48. The number of carbonyl (C=O) groups excluding carboxylic acids is 1. The van der Waals surface area contributed by atoms with E-state index in [0.717, 1.165) is 13.1 Å². The Morgan fingerprint density at radius 3 is 2.33 bits per heavy atom. The zero-order valence-electron chi connectivity index (χ0n) is 12.8. The van der Waals surface area contributed by atoms with Crippen molar-refractivity contribution >= 4 is 17.6 Å². The van der Waals surface area contributed by atoms with Crippen LogP contribution >= 0.6 is 0 Å². The third kappa shape index (κ3) is 3.35. The van der Waals surface area contributed by atoms with Gasteiger partial charge in [0.2, 0.25) is 5.91 Å². The fourth-order valence-electron chi connectivity index (χ4n) is 2.61. The minimum Gasteiger partial charge on any atom is -0.481 e. The van der Waals surface area contributed by atoms with Gasteiger partial charge in [-0.2, -0.15) is 0 Å². The lowest BCUT2D eigenvalue weighted by Crippen LogP contribution is -2.51. The Hall–Kier alpha value is -2.04. The molecule has 1 aliphatic heterocycles. The Kier molecular flexibility index (Phi) is 4.50. The topological polar surface area (TPSA) is 60.9 Å². The summed E-state index contributed by atoms with van der Waals surface area (Å²) in [6, 6.07) is 6.36. The molecular formula is C16H22N2O3. The molecule has 0 radical (unpaired) electrons. The van der Waals surface area contributed by atoms with Crippen molar-refractivity contribution in [2.24, 2.45) is 5.92 Å². The Morgan fingerprint density at radius 2 is 1.76 bits per heavy atom.